The van der Waals surface area contributed by atoms with Crippen molar-refractivity contribution in [2.45, 2.75) is 12.8 Å². The van der Waals surface area contributed by atoms with Crippen molar-refractivity contribution >= 4 is 22.9 Å². The number of aliphatic carboxylic acids is 1. The highest BCUT2D eigenvalue weighted by molar-refractivity contribution is 6.12. The fourth-order valence-corrected chi connectivity index (χ4v) is 2.46. The molecule has 1 unspecified atom stereocenters. The van der Waals surface area contributed by atoms with Gasteiger partial charge in [0.15, 0.2) is 17.3 Å². The Bertz CT molecular complexity index is 1010. The number of carbonyl (C=O) groups excluding carboxylic acids is 1. The predicted molar refractivity (Wildman–Crippen MR) is 86.2 cm³/mol. The van der Waals surface area contributed by atoms with E-state index in [1.165, 1.54) is 6.07 Å². The van der Waals surface area contributed by atoms with E-state index in [9.17, 15) is 19.5 Å². The molecule has 3 rings (SSSR count). The fourth-order valence-electron chi connectivity index (χ4n) is 2.46. The third-order valence-corrected chi connectivity index (χ3v) is 3.60. The molecule has 1 heterocycles. The molecule has 0 saturated heterocycles. The highest BCUT2D eigenvalue weighted by atomic mass is 16.4. The van der Waals surface area contributed by atoms with Crippen LogP contribution in [0.2, 0.25) is 0 Å². The fraction of sp³-hybridized carbons (Fsp3) is 0.111. The number of fused-ring (bicyclic) bond motifs is 1. The van der Waals surface area contributed by atoms with E-state index in [1.54, 1.807) is 49.4 Å². The molecule has 1 N–H and O–H groups in total. The minimum absolute atomic E-state index is 0.205. The van der Waals surface area contributed by atoms with Crippen LogP contribution in [-0.4, -0.2) is 21.8 Å². The van der Waals surface area contributed by atoms with Gasteiger partial charge in [0.05, 0.1) is 0 Å². The lowest BCUT2D eigenvalue weighted by atomic mass is 9.94. The van der Waals surface area contributed by atoms with Gasteiger partial charge in [-0.1, -0.05) is 35.9 Å². The molecule has 0 fully saturated rings. The van der Waals surface area contributed by atoms with E-state index in [2.05, 4.69) is 4.98 Å². The summed E-state index contributed by atoms with van der Waals surface area (Å²) in [4.78, 5) is 40.5. The lowest BCUT2D eigenvalue weighted by molar-refractivity contribution is -0.137. The summed E-state index contributed by atoms with van der Waals surface area (Å²) in [6, 6.07) is 13.0. The minimum atomic E-state index is -1.72. The second-order valence-electron chi connectivity index (χ2n) is 5.36. The summed E-state index contributed by atoms with van der Waals surface area (Å²) < 4.78 is 5.10. The standard InChI is InChI=1S/C18H13NO5/c1-10-5-4-6-11(9-10)16(20)14(17(21)22)15-18(23)24-13-8-3-2-7-12(13)19-15/h2-9,14H,1H3,(H,21,22). The molecule has 3 aromatic rings. The molecule has 24 heavy (non-hydrogen) atoms. The van der Waals surface area contributed by atoms with Crippen LogP contribution in [0, 0.1) is 6.92 Å². The number of rotatable bonds is 4. The first-order valence-corrected chi connectivity index (χ1v) is 7.21. The average molecular weight is 323 g/mol. The number of carboxylic acid groups (broad SMARTS) is 1. The molecule has 2 aromatic carbocycles. The third-order valence-electron chi connectivity index (χ3n) is 3.60. The number of aryl methyl sites for hydroxylation is 1. The Morgan fingerprint density at radius 2 is 1.88 bits per heavy atom. The number of hydrogen-bond acceptors (Lipinski definition) is 5. The molecule has 0 bridgehead atoms. The molecule has 0 spiro atoms. The summed E-state index contributed by atoms with van der Waals surface area (Å²) in [7, 11) is 0. The van der Waals surface area contributed by atoms with Gasteiger partial charge in [-0.2, -0.15) is 0 Å². The number of carboxylic acids is 1. The molecule has 0 amide bonds. The van der Waals surface area contributed by atoms with Crippen LogP contribution in [0.15, 0.2) is 57.7 Å². The van der Waals surface area contributed by atoms with Gasteiger partial charge in [0.2, 0.25) is 0 Å². The number of carbonyl (C=O) groups is 2. The van der Waals surface area contributed by atoms with Crippen LogP contribution in [0.4, 0.5) is 0 Å². The molecular formula is C18H13NO5. The Labute approximate surface area is 136 Å². The molecule has 1 aromatic heterocycles. The number of nitrogens with zero attached hydrogens (tertiary/aromatic N) is 1. The SMILES string of the molecule is Cc1cccc(C(=O)C(C(=O)O)c2nc3ccccc3oc2=O)c1. The van der Waals surface area contributed by atoms with E-state index in [1.807, 2.05) is 0 Å². The summed E-state index contributed by atoms with van der Waals surface area (Å²) in [6.45, 7) is 1.79. The molecule has 0 aliphatic carbocycles. The molecule has 0 aliphatic rings. The zero-order valence-corrected chi connectivity index (χ0v) is 12.7. The highest BCUT2D eigenvalue weighted by Gasteiger charge is 2.34. The number of aromatic nitrogens is 1. The van der Waals surface area contributed by atoms with Crippen LogP contribution in [0.1, 0.15) is 27.5 Å². The van der Waals surface area contributed by atoms with Gasteiger partial charge in [0.25, 0.3) is 0 Å². The van der Waals surface area contributed by atoms with Crippen LogP contribution in [0.5, 0.6) is 0 Å². The van der Waals surface area contributed by atoms with Crippen molar-refractivity contribution in [2.24, 2.45) is 0 Å². The van der Waals surface area contributed by atoms with Crippen molar-refractivity contribution in [3.8, 4) is 0 Å². The first-order valence-electron chi connectivity index (χ1n) is 7.21. The van der Waals surface area contributed by atoms with E-state index in [0.29, 0.717) is 5.52 Å². The van der Waals surface area contributed by atoms with Crippen molar-refractivity contribution in [1.82, 2.24) is 4.98 Å². The summed E-state index contributed by atoms with van der Waals surface area (Å²) in [5, 5.41) is 9.48. The van der Waals surface area contributed by atoms with Gasteiger partial charge in [-0.25, -0.2) is 9.78 Å². The molecular weight excluding hydrogens is 310 g/mol. The second kappa shape index (κ2) is 6.08. The van der Waals surface area contributed by atoms with Gasteiger partial charge >= 0.3 is 11.6 Å². The second-order valence-corrected chi connectivity index (χ2v) is 5.36. The van der Waals surface area contributed by atoms with Crippen LogP contribution in [0.3, 0.4) is 0 Å². The third kappa shape index (κ3) is 2.81. The lowest BCUT2D eigenvalue weighted by Crippen LogP contribution is -2.28. The van der Waals surface area contributed by atoms with Gasteiger partial charge in [-0.3, -0.25) is 9.59 Å². The average Bonchev–Trinajstić information content (AvgIpc) is 2.55. The smallest absolute Gasteiger partial charge is 0.359 e. The molecule has 1 atom stereocenters. The first kappa shape index (κ1) is 15.6. The molecule has 120 valence electrons. The molecule has 0 radical (unpaired) electrons. The van der Waals surface area contributed by atoms with E-state index in [-0.39, 0.29) is 11.1 Å². The zero-order chi connectivity index (χ0) is 17.3. The number of benzene rings is 2. The molecule has 0 saturated carbocycles. The van der Waals surface area contributed by atoms with Crippen molar-refractivity contribution in [3.05, 3.63) is 75.8 Å². The summed E-state index contributed by atoms with van der Waals surface area (Å²) in [5.74, 6) is -3.87. The van der Waals surface area contributed by atoms with Crippen molar-refractivity contribution in [1.29, 1.82) is 0 Å². The number of hydrogen-bond donors (Lipinski definition) is 1. The normalized spacial score (nSPS) is 12.0. The summed E-state index contributed by atoms with van der Waals surface area (Å²) >= 11 is 0. The highest BCUT2D eigenvalue weighted by Crippen LogP contribution is 2.20. The van der Waals surface area contributed by atoms with Gasteiger partial charge in [0, 0.05) is 5.56 Å². The quantitative estimate of drug-likeness (QED) is 0.585. The number of para-hydroxylation sites is 2. The Hall–Kier alpha value is -3.28. The molecule has 0 aliphatic heterocycles. The van der Waals surface area contributed by atoms with Gasteiger partial charge in [0.1, 0.15) is 11.2 Å². The summed E-state index contributed by atoms with van der Waals surface area (Å²) in [6.07, 6.45) is 0. The van der Waals surface area contributed by atoms with E-state index in [0.717, 1.165) is 5.56 Å². The Morgan fingerprint density at radius 1 is 1.12 bits per heavy atom. The predicted octanol–water partition coefficient (Wildman–Crippen LogP) is 2.55. The van der Waals surface area contributed by atoms with Crippen molar-refractivity contribution < 1.29 is 19.1 Å². The topological polar surface area (TPSA) is 97.5 Å². The van der Waals surface area contributed by atoms with Gasteiger partial charge in [-0.05, 0) is 25.1 Å². The number of Topliss-reactive ketones (excluding diaryl/α,β-unsaturated/α-hetero) is 1. The molecule has 6 heteroatoms. The van der Waals surface area contributed by atoms with E-state index in [4.69, 9.17) is 4.42 Å². The minimum Gasteiger partial charge on any atom is -0.480 e. The number of ketones is 1. The van der Waals surface area contributed by atoms with Crippen LogP contribution < -0.4 is 5.63 Å². The Kier molecular flexibility index (Phi) is 3.95. The monoisotopic (exact) mass is 323 g/mol. The summed E-state index contributed by atoms with van der Waals surface area (Å²) in [5.41, 5.74) is 0.212. The molecule has 6 nitrogen and oxygen atoms in total. The maximum absolute atomic E-state index is 12.6. The maximum Gasteiger partial charge on any atom is 0.359 e. The van der Waals surface area contributed by atoms with Crippen LogP contribution >= 0.6 is 0 Å². The van der Waals surface area contributed by atoms with E-state index >= 15 is 0 Å². The van der Waals surface area contributed by atoms with Gasteiger partial charge < -0.3 is 9.52 Å². The lowest BCUT2D eigenvalue weighted by Gasteiger charge is -2.11. The van der Waals surface area contributed by atoms with Crippen molar-refractivity contribution in [2.75, 3.05) is 0 Å². The first-order chi connectivity index (χ1) is 11.5. The van der Waals surface area contributed by atoms with Crippen LogP contribution in [-0.2, 0) is 4.79 Å². The van der Waals surface area contributed by atoms with Gasteiger partial charge in [-0.15, -0.1) is 0 Å². The zero-order valence-electron chi connectivity index (χ0n) is 12.7. The Morgan fingerprint density at radius 3 is 2.58 bits per heavy atom. The largest absolute Gasteiger partial charge is 0.480 e. The maximum atomic E-state index is 12.6. The Balaban J connectivity index is 2.15. The van der Waals surface area contributed by atoms with Crippen LogP contribution in [0.25, 0.3) is 11.1 Å². The van der Waals surface area contributed by atoms with Crippen molar-refractivity contribution in [3.63, 3.8) is 0 Å². The van der Waals surface area contributed by atoms with E-state index < -0.39 is 29.0 Å².